The largest absolute Gasteiger partial charge is 0.492 e. The number of nitrogens with zero attached hydrogens (tertiary/aromatic N) is 3. The zero-order valence-electron chi connectivity index (χ0n) is 17.5. The van der Waals surface area contributed by atoms with Crippen LogP contribution in [0.5, 0.6) is 5.75 Å². The monoisotopic (exact) mass is 424 g/mol. The Hall–Kier alpha value is -3.19. The van der Waals surface area contributed by atoms with Crippen LogP contribution in [0, 0.1) is 11.2 Å². The third-order valence-electron chi connectivity index (χ3n) is 5.79. The summed E-state index contributed by atoms with van der Waals surface area (Å²) < 4.78 is 5.80. The molecule has 0 aromatic heterocycles. The average molecular weight is 424 g/mol. The molecule has 2 heterocycles. The van der Waals surface area contributed by atoms with Crippen molar-refractivity contribution in [3.8, 4) is 11.7 Å². The summed E-state index contributed by atoms with van der Waals surface area (Å²) in [5.41, 5.74) is 0.613. The minimum Gasteiger partial charge on any atom is -0.492 e. The van der Waals surface area contributed by atoms with Gasteiger partial charge < -0.3 is 9.64 Å². The summed E-state index contributed by atoms with van der Waals surface area (Å²) >= 11 is 0. The van der Waals surface area contributed by atoms with Crippen LogP contribution in [-0.2, 0) is 9.59 Å². The van der Waals surface area contributed by atoms with Crippen molar-refractivity contribution in [2.24, 2.45) is 0 Å². The molecule has 1 fully saturated rings. The number of ether oxygens (including phenoxy) is 1. The molecule has 0 bridgehead atoms. The number of hydrogen-bond acceptors (Lipinski definition) is 7. The molecule has 0 saturated carbocycles. The number of imide groups is 2. The fourth-order valence-corrected chi connectivity index (χ4v) is 3.91. The van der Waals surface area contributed by atoms with Gasteiger partial charge in [0.25, 0.3) is 18.5 Å². The van der Waals surface area contributed by atoms with Crippen LogP contribution in [0.25, 0.3) is 0 Å². The van der Waals surface area contributed by atoms with Crippen molar-refractivity contribution in [3.05, 3.63) is 29.3 Å². The second-order valence-corrected chi connectivity index (χ2v) is 7.85. The number of carbonyl (C=O) groups excluding carboxylic acids is 4. The third kappa shape index (κ3) is 5.30. The van der Waals surface area contributed by atoms with Gasteiger partial charge in [-0.2, -0.15) is 0 Å². The van der Waals surface area contributed by atoms with E-state index in [0.717, 1.165) is 37.2 Å². The van der Waals surface area contributed by atoms with Crippen molar-refractivity contribution in [1.29, 1.82) is 5.26 Å². The maximum Gasteiger partial charge on any atom is 0.270 e. The van der Waals surface area contributed by atoms with Crippen LogP contribution in [0.15, 0.2) is 18.2 Å². The van der Waals surface area contributed by atoms with E-state index in [2.05, 4.69) is 10.9 Å². The lowest BCUT2D eigenvalue weighted by Crippen LogP contribution is -2.38. The standard InChI is InChI=1S/C21H25BN4O5/c1-15(2-5-19(28)24-14-27)26-20(29)17-4-3-16(12-18(17)21(26)30)31-11-10-25-8-6-22(13-23)7-9-25/h3-4,12,14-15H,2,5-11H2,1H3,(H,24,27,28). The van der Waals surface area contributed by atoms with E-state index in [4.69, 9.17) is 10.00 Å². The predicted octanol–water partition coefficient (Wildman–Crippen LogP) is 0.976. The van der Waals surface area contributed by atoms with Gasteiger partial charge in [-0.1, -0.05) is 0 Å². The molecule has 0 radical (unpaired) electrons. The fraction of sp³-hybridized carbons (Fsp3) is 0.476. The number of rotatable bonds is 9. The Morgan fingerprint density at radius 1 is 1.29 bits per heavy atom. The topological polar surface area (TPSA) is 120 Å². The molecule has 1 aromatic rings. The Bertz CT molecular complexity index is 908. The third-order valence-corrected chi connectivity index (χ3v) is 5.79. The number of hydrogen-bond donors (Lipinski definition) is 1. The Kier molecular flexibility index (Phi) is 7.42. The Morgan fingerprint density at radius 2 is 2.00 bits per heavy atom. The number of carbonyl (C=O) groups is 4. The van der Waals surface area contributed by atoms with Crippen molar-refractivity contribution in [3.63, 3.8) is 0 Å². The lowest BCUT2D eigenvalue weighted by Gasteiger charge is -2.27. The van der Waals surface area contributed by atoms with Gasteiger partial charge in [0.05, 0.1) is 11.1 Å². The second-order valence-electron chi connectivity index (χ2n) is 7.85. The molecule has 1 N–H and O–H groups in total. The quantitative estimate of drug-likeness (QED) is 0.356. The van der Waals surface area contributed by atoms with Crippen molar-refractivity contribution in [1.82, 2.24) is 15.1 Å². The second kappa shape index (κ2) is 10.2. The predicted molar refractivity (Wildman–Crippen MR) is 113 cm³/mol. The van der Waals surface area contributed by atoms with Crippen LogP contribution in [0.2, 0.25) is 12.6 Å². The summed E-state index contributed by atoms with van der Waals surface area (Å²) in [6.07, 6.45) is 2.35. The molecule has 10 heteroatoms. The molecule has 2 aliphatic rings. The molecule has 2 aliphatic heterocycles. The molecule has 0 aliphatic carbocycles. The highest BCUT2D eigenvalue weighted by atomic mass is 16.5. The minimum atomic E-state index is -0.481. The van der Waals surface area contributed by atoms with Gasteiger partial charge in [-0.25, -0.2) is 5.26 Å². The Labute approximate surface area is 181 Å². The molecular formula is C21H25BN4O5. The van der Waals surface area contributed by atoms with Gasteiger partial charge in [0, 0.05) is 25.0 Å². The zero-order valence-corrected chi connectivity index (χ0v) is 17.5. The van der Waals surface area contributed by atoms with E-state index < -0.39 is 23.8 Å². The first-order valence-electron chi connectivity index (χ1n) is 10.4. The van der Waals surface area contributed by atoms with E-state index in [-0.39, 0.29) is 19.6 Å². The van der Waals surface area contributed by atoms with Crippen LogP contribution in [-0.4, -0.2) is 72.9 Å². The van der Waals surface area contributed by atoms with Gasteiger partial charge in [0.15, 0.2) is 0 Å². The molecule has 1 aromatic carbocycles. The highest BCUT2D eigenvalue weighted by Gasteiger charge is 2.38. The van der Waals surface area contributed by atoms with Gasteiger partial charge in [0.2, 0.25) is 12.3 Å². The van der Waals surface area contributed by atoms with Gasteiger partial charge in [0.1, 0.15) is 12.4 Å². The van der Waals surface area contributed by atoms with Gasteiger partial charge in [-0.05, 0) is 57.3 Å². The van der Waals surface area contributed by atoms with E-state index >= 15 is 0 Å². The molecule has 9 nitrogen and oxygen atoms in total. The van der Waals surface area contributed by atoms with E-state index in [9.17, 15) is 19.2 Å². The van der Waals surface area contributed by atoms with Crippen LogP contribution in [0.3, 0.4) is 0 Å². The first-order valence-corrected chi connectivity index (χ1v) is 10.4. The number of amides is 4. The number of nitriles is 1. The van der Waals surface area contributed by atoms with Crippen LogP contribution >= 0.6 is 0 Å². The molecular weight excluding hydrogens is 399 g/mol. The smallest absolute Gasteiger partial charge is 0.270 e. The lowest BCUT2D eigenvalue weighted by atomic mass is 9.45. The van der Waals surface area contributed by atoms with Crippen molar-refractivity contribution in [2.75, 3.05) is 26.2 Å². The normalized spacial score (nSPS) is 17.2. The molecule has 1 unspecified atom stereocenters. The zero-order chi connectivity index (χ0) is 22.4. The van der Waals surface area contributed by atoms with E-state index in [1.165, 1.54) is 0 Å². The van der Waals surface area contributed by atoms with Crippen molar-refractivity contribution in [2.45, 2.75) is 38.4 Å². The summed E-state index contributed by atoms with van der Waals surface area (Å²) in [5.74, 6) is 1.58. The average Bonchev–Trinajstić information content (AvgIpc) is 3.02. The van der Waals surface area contributed by atoms with E-state index in [1.54, 1.807) is 25.1 Å². The molecule has 1 atom stereocenters. The summed E-state index contributed by atoms with van der Waals surface area (Å²) in [7, 11) is 0. The maximum absolute atomic E-state index is 12.8. The van der Waals surface area contributed by atoms with Gasteiger partial charge in [-0.3, -0.25) is 29.4 Å². The summed E-state index contributed by atoms with van der Waals surface area (Å²) in [6, 6.07) is 4.38. The summed E-state index contributed by atoms with van der Waals surface area (Å²) in [6.45, 7) is 4.76. The van der Waals surface area contributed by atoms with Crippen LogP contribution in [0.4, 0.5) is 0 Å². The summed E-state index contributed by atoms with van der Waals surface area (Å²) in [5, 5.41) is 11.0. The minimum absolute atomic E-state index is 0.0350. The number of benzene rings is 1. The van der Waals surface area contributed by atoms with E-state index in [0.29, 0.717) is 29.9 Å². The molecule has 162 valence electrons. The first-order chi connectivity index (χ1) is 14.9. The molecule has 31 heavy (non-hydrogen) atoms. The molecule has 1 saturated heterocycles. The van der Waals surface area contributed by atoms with Crippen LogP contribution in [0.1, 0.15) is 40.5 Å². The maximum atomic E-state index is 12.8. The Balaban J connectivity index is 1.55. The van der Waals surface area contributed by atoms with Crippen molar-refractivity contribution >= 4 is 30.8 Å². The summed E-state index contributed by atoms with van der Waals surface area (Å²) in [4.78, 5) is 50.7. The van der Waals surface area contributed by atoms with Crippen molar-refractivity contribution < 1.29 is 23.9 Å². The fourth-order valence-electron chi connectivity index (χ4n) is 3.91. The van der Waals surface area contributed by atoms with Gasteiger partial charge in [-0.15, -0.1) is 0 Å². The molecule has 4 amide bonds. The first kappa shape index (κ1) is 22.5. The number of fused-ring (bicyclic) bond motifs is 1. The van der Waals surface area contributed by atoms with Gasteiger partial charge >= 0.3 is 0 Å². The SMILES string of the molecule is CC(CCC(=O)NC=O)N1C(=O)c2ccc(OCCN3CCB(C#N)CC3)cc2C1=O. The lowest BCUT2D eigenvalue weighted by molar-refractivity contribution is -0.125. The molecule has 0 spiro atoms. The highest BCUT2D eigenvalue weighted by molar-refractivity contribution is 6.67. The van der Waals surface area contributed by atoms with E-state index in [1.807, 2.05) is 5.32 Å². The highest BCUT2D eigenvalue weighted by Crippen LogP contribution is 2.29. The Morgan fingerprint density at radius 3 is 2.68 bits per heavy atom. The number of nitrogens with one attached hydrogen (secondary N) is 1. The van der Waals surface area contributed by atoms with Crippen LogP contribution < -0.4 is 10.1 Å². The molecule has 3 rings (SSSR count).